The average Bonchev–Trinajstić information content (AvgIpc) is 2.49. The van der Waals surface area contributed by atoms with Gasteiger partial charge in [-0.05, 0) is 24.3 Å². The van der Waals surface area contributed by atoms with Crippen molar-refractivity contribution < 1.29 is 22.5 Å². The van der Waals surface area contributed by atoms with Gasteiger partial charge in [-0.15, -0.1) is 0 Å². The number of nitro benzene ring substituents is 1. The predicted molar refractivity (Wildman–Crippen MR) is 85.9 cm³/mol. The summed E-state index contributed by atoms with van der Waals surface area (Å²) in [5, 5.41) is 9.96. The molecule has 24 heavy (non-hydrogen) atoms. The molecule has 2 aromatic carbocycles. The third-order valence-electron chi connectivity index (χ3n) is 3.02. The number of ketones is 1. The molecular formula is C14H8Cl2FNO5S. The van der Waals surface area contributed by atoms with Gasteiger partial charge in [0, 0.05) is 17.7 Å². The van der Waals surface area contributed by atoms with Crippen molar-refractivity contribution in [2.45, 2.75) is 4.90 Å². The van der Waals surface area contributed by atoms with E-state index in [4.69, 9.17) is 23.2 Å². The molecule has 0 atom stereocenters. The maximum atomic E-state index is 13.1. The zero-order valence-corrected chi connectivity index (χ0v) is 14.0. The second kappa shape index (κ2) is 6.84. The Kier molecular flexibility index (Phi) is 5.22. The zero-order valence-electron chi connectivity index (χ0n) is 11.7. The Morgan fingerprint density at radius 2 is 1.79 bits per heavy atom. The van der Waals surface area contributed by atoms with E-state index in [0.717, 1.165) is 36.4 Å². The highest BCUT2D eigenvalue weighted by molar-refractivity contribution is 7.92. The van der Waals surface area contributed by atoms with Crippen LogP contribution in [0.3, 0.4) is 0 Å². The standard InChI is InChI=1S/C14H8Cl2FNO5S/c15-10-5-8(1-3-12(10)17)13(19)7-24(22,23)14-4-2-9(18(20)21)6-11(14)16/h1-6H,7H2. The van der Waals surface area contributed by atoms with Gasteiger partial charge in [0.05, 0.1) is 19.9 Å². The SMILES string of the molecule is O=C(CS(=O)(=O)c1ccc([N+](=O)[O-])cc1Cl)c1ccc(F)c(Cl)c1. The predicted octanol–water partition coefficient (Wildman–Crippen LogP) is 3.70. The molecule has 0 aliphatic heterocycles. The molecule has 0 saturated carbocycles. The maximum Gasteiger partial charge on any atom is 0.271 e. The van der Waals surface area contributed by atoms with Gasteiger partial charge in [0.25, 0.3) is 5.69 Å². The molecule has 2 rings (SSSR count). The summed E-state index contributed by atoms with van der Waals surface area (Å²) >= 11 is 11.3. The summed E-state index contributed by atoms with van der Waals surface area (Å²) in [6, 6.07) is 5.89. The number of benzene rings is 2. The summed E-state index contributed by atoms with van der Waals surface area (Å²) in [7, 11) is -4.14. The lowest BCUT2D eigenvalue weighted by atomic mass is 10.1. The minimum atomic E-state index is -4.14. The minimum Gasteiger partial charge on any atom is -0.293 e. The molecule has 0 unspecified atom stereocenters. The normalized spacial score (nSPS) is 11.3. The van der Waals surface area contributed by atoms with E-state index in [9.17, 15) is 27.7 Å². The molecule has 0 aliphatic rings. The fourth-order valence-corrected chi connectivity index (χ4v) is 3.87. The van der Waals surface area contributed by atoms with E-state index >= 15 is 0 Å². The van der Waals surface area contributed by atoms with Crippen LogP contribution in [0.2, 0.25) is 10.0 Å². The lowest BCUT2D eigenvalue weighted by Crippen LogP contribution is -2.17. The lowest BCUT2D eigenvalue weighted by molar-refractivity contribution is -0.384. The summed E-state index contributed by atoms with van der Waals surface area (Å²) in [5.74, 6) is -2.49. The summed E-state index contributed by atoms with van der Waals surface area (Å²) < 4.78 is 37.7. The molecule has 0 N–H and O–H groups in total. The zero-order chi connectivity index (χ0) is 18.1. The number of nitrogens with zero attached hydrogens (tertiary/aromatic N) is 1. The van der Waals surface area contributed by atoms with Crippen molar-refractivity contribution in [3.8, 4) is 0 Å². The molecule has 0 aliphatic carbocycles. The summed E-state index contributed by atoms with van der Waals surface area (Å²) in [6.07, 6.45) is 0. The molecule has 0 amide bonds. The summed E-state index contributed by atoms with van der Waals surface area (Å²) in [6.45, 7) is 0. The Balaban J connectivity index is 2.32. The Bertz CT molecular complexity index is 946. The molecular weight excluding hydrogens is 384 g/mol. The van der Waals surface area contributed by atoms with Crippen molar-refractivity contribution in [2.24, 2.45) is 0 Å². The maximum absolute atomic E-state index is 13.1. The highest BCUT2D eigenvalue weighted by Gasteiger charge is 2.24. The van der Waals surface area contributed by atoms with Crippen LogP contribution in [-0.2, 0) is 9.84 Å². The fourth-order valence-electron chi connectivity index (χ4n) is 1.86. The van der Waals surface area contributed by atoms with Crippen LogP contribution in [-0.4, -0.2) is 24.9 Å². The van der Waals surface area contributed by atoms with Gasteiger partial charge in [0.15, 0.2) is 15.6 Å². The number of carbonyl (C=O) groups is 1. The average molecular weight is 392 g/mol. The van der Waals surface area contributed by atoms with Gasteiger partial charge in [-0.1, -0.05) is 23.2 Å². The minimum absolute atomic E-state index is 0.0805. The molecule has 0 saturated heterocycles. The number of Topliss-reactive ketones (excluding diaryl/α,β-unsaturated/α-hetero) is 1. The van der Waals surface area contributed by atoms with E-state index in [2.05, 4.69) is 0 Å². The van der Waals surface area contributed by atoms with Crippen molar-refractivity contribution >= 4 is 44.5 Å². The Labute approximate surface area is 145 Å². The Morgan fingerprint density at radius 3 is 2.33 bits per heavy atom. The number of nitro groups is 1. The molecule has 0 fully saturated rings. The lowest BCUT2D eigenvalue weighted by Gasteiger charge is -2.07. The molecule has 2 aromatic rings. The van der Waals surface area contributed by atoms with Crippen molar-refractivity contribution in [1.82, 2.24) is 0 Å². The van der Waals surface area contributed by atoms with E-state index < -0.39 is 37.0 Å². The molecule has 10 heteroatoms. The topological polar surface area (TPSA) is 94.3 Å². The first-order chi connectivity index (χ1) is 11.1. The number of sulfone groups is 1. The van der Waals surface area contributed by atoms with E-state index in [1.54, 1.807) is 0 Å². The van der Waals surface area contributed by atoms with Crippen LogP contribution in [0, 0.1) is 15.9 Å². The number of halogens is 3. The molecule has 0 radical (unpaired) electrons. The largest absolute Gasteiger partial charge is 0.293 e. The number of hydrogen-bond donors (Lipinski definition) is 0. The van der Waals surface area contributed by atoms with Crippen LogP contribution < -0.4 is 0 Å². The smallest absolute Gasteiger partial charge is 0.271 e. The monoisotopic (exact) mass is 391 g/mol. The molecule has 0 aromatic heterocycles. The Hall–Kier alpha value is -2.03. The molecule has 0 heterocycles. The first-order valence-corrected chi connectivity index (χ1v) is 8.67. The fraction of sp³-hybridized carbons (Fsp3) is 0.0714. The van der Waals surface area contributed by atoms with Crippen LogP contribution >= 0.6 is 23.2 Å². The molecule has 0 bridgehead atoms. The van der Waals surface area contributed by atoms with E-state index in [-0.39, 0.29) is 21.3 Å². The summed E-state index contributed by atoms with van der Waals surface area (Å²) in [5.41, 5.74) is -0.460. The highest BCUT2D eigenvalue weighted by Crippen LogP contribution is 2.27. The van der Waals surface area contributed by atoms with Gasteiger partial charge in [-0.25, -0.2) is 12.8 Å². The Morgan fingerprint density at radius 1 is 1.12 bits per heavy atom. The number of non-ortho nitro benzene ring substituents is 1. The van der Waals surface area contributed by atoms with Crippen LogP contribution in [0.5, 0.6) is 0 Å². The van der Waals surface area contributed by atoms with E-state index in [1.165, 1.54) is 0 Å². The van der Waals surface area contributed by atoms with Crippen molar-refractivity contribution in [1.29, 1.82) is 0 Å². The molecule has 126 valence electrons. The second-order valence-corrected chi connectivity index (χ2v) is 7.46. The van der Waals surface area contributed by atoms with Crippen LogP contribution in [0.15, 0.2) is 41.3 Å². The van der Waals surface area contributed by atoms with E-state index in [1.807, 2.05) is 0 Å². The van der Waals surface area contributed by atoms with Crippen molar-refractivity contribution in [2.75, 3.05) is 5.75 Å². The number of rotatable bonds is 5. The summed E-state index contributed by atoms with van der Waals surface area (Å²) in [4.78, 5) is 21.6. The quantitative estimate of drug-likeness (QED) is 0.439. The van der Waals surface area contributed by atoms with Gasteiger partial charge in [0.2, 0.25) is 0 Å². The van der Waals surface area contributed by atoms with Crippen molar-refractivity contribution in [3.05, 3.63) is 67.9 Å². The van der Waals surface area contributed by atoms with Crippen LogP contribution in [0.1, 0.15) is 10.4 Å². The van der Waals surface area contributed by atoms with Gasteiger partial charge >= 0.3 is 0 Å². The molecule has 6 nitrogen and oxygen atoms in total. The third kappa shape index (κ3) is 3.89. The first kappa shape index (κ1) is 18.3. The van der Waals surface area contributed by atoms with Gasteiger partial charge in [-0.3, -0.25) is 14.9 Å². The van der Waals surface area contributed by atoms with Crippen LogP contribution in [0.4, 0.5) is 10.1 Å². The van der Waals surface area contributed by atoms with Gasteiger partial charge in [-0.2, -0.15) is 0 Å². The highest BCUT2D eigenvalue weighted by atomic mass is 35.5. The number of hydrogen-bond acceptors (Lipinski definition) is 5. The van der Waals surface area contributed by atoms with E-state index in [0.29, 0.717) is 0 Å². The van der Waals surface area contributed by atoms with Gasteiger partial charge < -0.3 is 0 Å². The molecule has 0 spiro atoms. The van der Waals surface area contributed by atoms with Crippen LogP contribution in [0.25, 0.3) is 0 Å². The number of carbonyl (C=O) groups excluding carboxylic acids is 1. The first-order valence-electron chi connectivity index (χ1n) is 6.27. The second-order valence-electron chi connectivity index (χ2n) is 4.68. The third-order valence-corrected chi connectivity index (χ3v) is 5.41. The van der Waals surface area contributed by atoms with Gasteiger partial charge in [0.1, 0.15) is 11.6 Å². The van der Waals surface area contributed by atoms with Crippen molar-refractivity contribution in [3.63, 3.8) is 0 Å².